The minimum Gasteiger partial charge on any atom is -0.508 e. The summed E-state index contributed by atoms with van der Waals surface area (Å²) in [5.74, 6) is -0.493. The molecule has 7 heteroatoms. The molecule has 0 aliphatic carbocycles. The third-order valence-electron chi connectivity index (χ3n) is 4.01. The van der Waals surface area contributed by atoms with Gasteiger partial charge in [-0.2, -0.15) is 0 Å². The minimum atomic E-state index is -0.737. The second-order valence-electron chi connectivity index (χ2n) is 6.02. The van der Waals surface area contributed by atoms with E-state index >= 15 is 0 Å². The lowest BCUT2D eigenvalue weighted by molar-refractivity contribution is -0.127. The van der Waals surface area contributed by atoms with E-state index in [9.17, 15) is 19.5 Å². The van der Waals surface area contributed by atoms with Crippen molar-refractivity contribution in [3.8, 4) is 11.5 Å². The number of carbonyl (C=O) groups excluding carboxylic acids is 3. The van der Waals surface area contributed by atoms with Gasteiger partial charge < -0.3 is 15.2 Å². The molecule has 1 heterocycles. The van der Waals surface area contributed by atoms with Crippen molar-refractivity contribution in [2.75, 3.05) is 16.8 Å². The molecule has 2 amide bonds. The zero-order valence-corrected chi connectivity index (χ0v) is 14.4. The molecule has 0 radical (unpaired) electrons. The minimum absolute atomic E-state index is 0.0234. The highest BCUT2D eigenvalue weighted by Gasteiger charge is 2.33. The highest BCUT2D eigenvalue weighted by molar-refractivity contribution is 6.07. The average Bonchev–Trinajstić information content (AvgIpc) is 2.58. The summed E-state index contributed by atoms with van der Waals surface area (Å²) in [4.78, 5) is 37.8. The predicted octanol–water partition coefficient (Wildman–Crippen LogP) is 2.35. The molecule has 3 rings (SSSR count). The number of carbonyl (C=O) groups is 3. The Bertz CT molecular complexity index is 893. The molecule has 26 heavy (non-hydrogen) atoms. The van der Waals surface area contributed by atoms with Gasteiger partial charge in [-0.3, -0.25) is 19.3 Å². The van der Waals surface area contributed by atoms with Crippen LogP contribution >= 0.6 is 0 Å². The van der Waals surface area contributed by atoms with Crippen molar-refractivity contribution in [1.29, 1.82) is 0 Å². The molecule has 1 atom stereocenters. The van der Waals surface area contributed by atoms with Gasteiger partial charge in [-0.25, -0.2) is 0 Å². The van der Waals surface area contributed by atoms with E-state index in [-0.39, 0.29) is 24.0 Å². The van der Waals surface area contributed by atoms with E-state index in [2.05, 4.69) is 5.32 Å². The van der Waals surface area contributed by atoms with Crippen LogP contribution in [0.3, 0.4) is 0 Å². The number of aromatic hydroxyl groups is 1. The molecule has 1 aliphatic heterocycles. The van der Waals surface area contributed by atoms with Crippen molar-refractivity contribution in [3.63, 3.8) is 0 Å². The average molecular weight is 354 g/mol. The first-order valence-electron chi connectivity index (χ1n) is 8.07. The number of rotatable bonds is 4. The number of Topliss-reactive ketones (excluding diaryl/α,β-unsaturated/α-hetero) is 1. The summed E-state index contributed by atoms with van der Waals surface area (Å²) in [6.07, 6.45) is -0.737. The Balaban J connectivity index is 1.86. The lowest BCUT2D eigenvalue weighted by atomic mass is 10.1. The quantitative estimate of drug-likeness (QED) is 0.822. The van der Waals surface area contributed by atoms with Crippen molar-refractivity contribution in [2.24, 2.45) is 0 Å². The van der Waals surface area contributed by atoms with Crippen LogP contribution < -0.4 is 15.0 Å². The summed E-state index contributed by atoms with van der Waals surface area (Å²) in [7, 11) is 0. The first kappa shape index (κ1) is 17.5. The topological polar surface area (TPSA) is 95.9 Å². The number of amides is 2. The number of ketones is 1. The summed E-state index contributed by atoms with van der Waals surface area (Å²) in [5.41, 5.74) is 1.22. The number of fused-ring (bicyclic) bond motifs is 1. The van der Waals surface area contributed by atoms with Gasteiger partial charge in [0.2, 0.25) is 5.91 Å². The third kappa shape index (κ3) is 3.51. The molecule has 7 nitrogen and oxygen atoms in total. The van der Waals surface area contributed by atoms with E-state index in [1.807, 2.05) is 0 Å². The molecule has 0 saturated carbocycles. The van der Waals surface area contributed by atoms with Crippen LogP contribution in [0.4, 0.5) is 11.4 Å². The lowest BCUT2D eigenvalue weighted by Gasteiger charge is -2.32. The molecule has 134 valence electrons. The SMILES string of the molecule is CC(=O)c1ccc2c(c1)N(CC(=O)Nc1cccc(O)c1)C(=O)C(C)O2. The predicted molar refractivity (Wildman–Crippen MR) is 95.6 cm³/mol. The van der Waals surface area contributed by atoms with Gasteiger partial charge in [0, 0.05) is 17.3 Å². The maximum atomic E-state index is 12.5. The molecule has 2 aromatic rings. The van der Waals surface area contributed by atoms with Gasteiger partial charge >= 0.3 is 0 Å². The van der Waals surface area contributed by atoms with Crippen LogP contribution in [0.1, 0.15) is 24.2 Å². The van der Waals surface area contributed by atoms with Crippen LogP contribution in [0, 0.1) is 0 Å². The molecule has 0 spiro atoms. The highest BCUT2D eigenvalue weighted by atomic mass is 16.5. The molecule has 1 aliphatic rings. The number of benzene rings is 2. The van der Waals surface area contributed by atoms with E-state index in [1.165, 1.54) is 24.0 Å². The summed E-state index contributed by atoms with van der Waals surface area (Å²) in [6, 6.07) is 10.9. The molecular weight excluding hydrogens is 336 g/mol. The normalized spacial score (nSPS) is 15.8. The van der Waals surface area contributed by atoms with Gasteiger partial charge in [-0.05, 0) is 44.2 Å². The van der Waals surface area contributed by atoms with E-state index in [0.717, 1.165) is 0 Å². The molecule has 0 saturated heterocycles. The fraction of sp³-hybridized carbons (Fsp3) is 0.211. The van der Waals surface area contributed by atoms with Gasteiger partial charge in [0.25, 0.3) is 5.91 Å². The van der Waals surface area contributed by atoms with Crippen molar-refractivity contribution < 1.29 is 24.2 Å². The van der Waals surface area contributed by atoms with E-state index in [4.69, 9.17) is 4.74 Å². The first-order chi connectivity index (χ1) is 12.3. The number of hydrogen-bond acceptors (Lipinski definition) is 5. The van der Waals surface area contributed by atoms with Crippen LogP contribution in [-0.2, 0) is 9.59 Å². The molecule has 0 bridgehead atoms. The number of phenols is 1. The maximum absolute atomic E-state index is 12.5. The number of hydrogen-bond donors (Lipinski definition) is 2. The Morgan fingerprint density at radius 1 is 1.23 bits per heavy atom. The van der Waals surface area contributed by atoms with Crippen molar-refractivity contribution in [1.82, 2.24) is 0 Å². The monoisotopic (exact) mass is 354 g/mol. The number of nitrogens with one attached hydrogen (secondary N) is 1. The first-order valence-corrected chi connectivity index (χ1v) is 8.07. The van der Waals surface area contributed by atoms with Crippen molar-refractivity contribution in [3.05, 3.63) is 48.0 Å². The Morgan fingerprint density at radius 2 is 2.00 bits per heavy atom. The second kappa shape index (κ2) is 6.87. The number of anilines is 2. The molecule has 0 aromatic heterocycles. The fourth-order valence-electron chi connectivity index (χ4n) is 2.72. The summed E-state index contributed by atoms with van der Waals surface area (Å²) in [6.45, 7) is 2.79. The van der Waals surface area contributed by atoms with E-state index in [1.54, 1.807) is 37.3 Å². The highest BCUT2D eigenvalue weighted by Crippen LogP contribution is 2.35. The maximum Gasteiger partial charge on any atom is 0.268 e. The lowest BCUT2D eigenvalue weighted by Crippen LogP contribution is -2.47. The summed E-state index contributed by atoms with van der Waals surface area (Å²) in [5, 5.41) is 12.1. The number of phenolic OH excluding ortho intramolecular Hbond substituents is 1. The smallest absolute Gasteiger partial charge is 0.268 e. The van der Waals surface area contributed by atoms with Gasteiger partial charge in [0.15, 0.2) is 11.9 Å². The van der Waals surface area contributed by atoms with Gasteiger partial charge in [0.1, 0.15) is 18.0 Å². The standard InChI is InChI=1S/C19H18N2O5/c1-11(22)13-6-7-17-16(8-13)21(19(25)12(2)26-17)10-18(24)20-14-4-3-5-15(23)9-14/h3-9,12,23H,10H2,1-2H3,(H,20,24). The van der Waals surface area contributed by atoms with Gasteiger partial charge in [0.05, 0.1) is 5.69 Å². The number of nitrogens with zero attached hydrogens (tertiary/aromatic N) is 1. The van der Waals surface area contributed by atoms with Crippen LogP contribution in [0.2, 0.25) is 0 Å². The zero-order valence-electron chi connectivity index (χ0n) is 14.4. The largest absolute Gasteiger partial charge is 0.508 e. The molecule has 2 N–H and O–H groups in total. The second-order valence-corrected chi connectivity index (χ2v) is 6.02. The Hall–Kier alpha value is -3.35. The Morgan fingerprint density at radius 3 is 2.69 bits per heavy atom. The third-order valence-corrected chi connectivity index (χ3v) is 4.01. The van der Waals surface area contributed by atoms with E-state index in [0.29, 0.717) is 22.7 Å². The molecule has 0 fully saturated rings. The summed E-state index contributed by atoms with van der Waals surface area (Å²) >= 11 is 0. The van der Waals surface area contributed by atoms with Gasteiger partial charge in [-0.1, -0.05) is 6.07 Å². The van der Waals surface area contributed by atoms with Crippen LogP contribution in [0.25, 0.3) is 0 Å². The van der Waals surface area contributed by atoms with E-state index < -0.39 is 12.0 Å². The molecule has 1 unspecified atom stereocenters. The Kier molecular flexibility index (Phi) is 4.62. The molecule has 2 aromatic carbocycles. The van der Waals surface area contributed by atoms with Crippen LogP contribution in [0.5, 0.6) is 11.5 Å². The van der Waals surface area contributed by atoms with Crippen LogP contribution in [0.15, 0.2) is 42.5 Å². The van der Waals surface area contributed by atoms with Crippen molar-refractivity contribution in [2.45, 2.75) is 20.0 Å². The zero-order chi connectivity index (χ0) is 18.8. The summed E-state index contributed by atoms with van der Waals surface area (Å²) < 4.78 is 5.56. The fourth-order valence-corrected chi connectivity index (χ4v) is 2.72. The van der Waals surface area contributed by atoms with Crippen molar-refractivity contribution >= 4 is 29.0 Å². The van der Waals surface area contributed by atoms with Crippen LogP contribution in [-0.4, -0.2) is 35.4 Å². The van der Waals surface area contributed by atoms with Gasteiger partial charge in [-0.15, -0.1) is 0 Å². The number of ether oxygens (including phenoxy) is 1. The molecular formula is C19H18N2O5. The Labute approximate surface area is 150 Å².